The predicted octanol–water partition coefficient (Wildman–Crippen LogP) is 5.48. The first kappa shape index (κ1) is 27.5. The molecule has 0 aliphatic carbocycles. The number of nitrogens with zero attached hydrogens (tertiary/aromatic N) is 5. The van der Waals surface area contributed by atoms with E-state index in [4.69, 9.17) is 4.98 Å². The molecule has 0 N–H and O–H groups in total. The summed E-state index contributed by atoms with van der Waals surface area (Å²) < 4.78 is 39.9. The summed E-state index contributed by atoms with van der Waals surface area (Å²) >= 11 is 0. The van der Waals surface area contributed by atoms with Gasteiger partial charge in [0.05, 0.1) is 23.0 Å². The van der Waals surface area contributed by atoms with Crippen LogP contribution in [-0.2, 0) is 17.4 Å². The maximum atomic E-state index is 13.1. The molecule has 1 saturated heterocycles. The van der Waals surface area contributed by atoms with Crippen molar-refractivity contribution in [2.75, 3.05) is 13.1 Å². The summed E-state index contributed by atoms with van der Waals surface area (Å²) in [4.78, 5) is 36.1. The van der Waals surface area contributed by atoms with Crippen molar-refractivity contribution in [3.63, 3.8) is 0 Å². The Morgan fingerprint density at radius 1 is 1.00 bits per heavy atom. The molecule has 3 aromatic rings. The van der Waals surface area contributed by atoms with Gasteiger partial charge in [-0.15, -0.1) is 0 Å². The summed E-state index contributed by atoms with van der Waals surface area (Å²) in [5.41, 5.74) is 2.43. The maximum Gasteiger partial charge on any atom is 0.417 e. The third-order valence-corrected chi connectivity index (χ3v) is 6.95. The molecule has 4 heterocycles. The van der Waals surface area contributed by atoms with Crippen LogP contribution < -0.4 is 0 Å². The normalized spacial score (nSPS) is 15.1. The molecule has 0 radical (unpaired) electrons. The Morgan fingerprint density at radius 2 is 1.68 bits per heavy atom. The molecule has 4 rings (SSSR count). The van der Waals surface area contributed by atoms with Gasteiger partial charge in [0.25, 0.3) is 0 Å². The van der Waals surface area contributed by atoms with Crippen molar-refractivity contribution >= 4 is 11.7 Å². The zero-order valence-corrected chi connectivity index (χ0v) is 22.3. The minimum Gasteiger partial charge on any atom is -0.342 e. The molecule has 38 heavy (non-hydrogen) atoms. The van der Waals surface area contributed by atoms with Crippen molar-refractivity contribution in [3.8, 4) is 5.82 Å². The van der Waals surface area contributed by atoms with Crippen LogP contribution in [0.25, 0.3) is 5.82 Å². The number of hydrogen-bond donors (Lipinski definition) is 0. The largest absolute Gasteiger partial charge is 0.417 e. The molecule has 7 nitrogen and oxygen atoms in total. The number of pyridine rings is 2. The van der Waals surface area contributed by atoms with E-state index in [9.17, 15) is 22.8 Å². The molecule has 3 aromatic heterocycles. The number of carbonyl (C=O) groups is 2. The van der Waals surface area contributed by atoms with Crippen LogP contribution in [0.15, 0.2) is 36.8 Å². The van der Waals surface area contributed by atoms with Gasteiger partial charge in [0.15, 0.2) is 11.6 Å². The summed E-state index contributed by atoms with van der Waals surface area (Å²) in [5.74, 6) is 0.470. The van der Waals surface area contributed by atoms with Crippen LogP contribution in [0.5, 0.6) is 0 Å². The number of amides is 1. The number of piperidine rings is 1. The summed E-state index contributed by atoms with van der Waals surface area (Å²) in [6.45, 7) is 10.9. The van der Waals surface area contributed by atoms with Gasteiger partial charge in [0.1, 0.15) is 0 Å². The van der Waals surface area contributed by atoms with Gasteiger partial charge in [-0.25, -0.2) is 9.67 Å². The van der Waals surface area contributed by atoms with Gasteiger partial charge in [-0.1, -0.05) is 26.8 Å². The van der Waals surface area contributed by atoms with E-state index in [1.165, 1.54) is 16.9 Å². The lowest BCUT2D eigenvalue weighted by atomic mass is 9.88. The standard InChI is InChI=1S/C28H32F3N5O2/c1-17-12-19(14-33-25(17)20-8-10-35(11-9-20)26(38)27(3,4)5)13-23(37)22-16-34-36(18(22)2)24-7-6-21(15-32-24)28(29,30)31/h6-7,12,14-16,20H,8-11,13H2,1-5H3. The van der Waals surface area contributed by atoms with E-state index in [0.29, 0.717) is 24.3 Å². The fourth-order valence-electron chi connectivity index (χ4n) is 4.87. The molecule has 1 fully saturated rings. The Labute approximate surface area is 220 Å². The monoisotopic (exact) mass is 527 g/mol. The Hall–Kier alpha value is -3.56. The fraction of sp³-hybridized carbons (Fsp3) is 0.464. The lowest BCUT2D eigenvalue weighted by Gasteiger charge is -2.36. The molecule has 0 aromatic carbocycles. The van der Waals surface area contributed by atoms with Crippen molar-refractivity contribution in [2.45, 2.75) is 66.0 Å². The summed E-state index contributed by atoms with van der Waals surface area (Å²) in [7, 11) is 0. The van der Waals surface area contributed by atoms with E-state index in [1.54, 1.807) is 13.1 Å². The molecule has 0 bridgehead atoms. The fourth-order valence-corrected chi connectivity index (χ4v) is 4.87. The van der Waals surface area contributed by atoms with Crippen LogP contribution in [0, 0.1) is 19.3 Å². The number of hydrogen-bond acceptors (Lipinski definition) is 5. The molecular weight excluding hydrogens is 495 g/mol. The number of likely N-dealkylation sites (tertiary alicyclic amines) is 1. The van der Waals surface area contributed by atoms with Crippen molar-refractivity contribution in [2.24, 2.45) is 5.41 Å². The van der Waals surface area contributed by atoms with Crippen molar-refractivity contribution < 1.29 is 22.8 Å². The average Bonchev–Trinajstić information content (AvgIpc) is 3.24. The quantitative estimate of drug-likeness (QED) is 0.411. The van der Waals surface area contributed by atoms with Crippen molar-refractivity contribution in [1.82, 2.24) is 24.6 Å². The van der Waals surface area contributed by atoms with Crippen LogP contribution in [0.4, 0.5) is 13.2 Å². The second-order valence-electron chi connectivity index (χ2n) is 10.9. The van der Waals surface area contributed by atoms with Gasteiger partial charge < -0.3 is 4.90 Å². The van der Waals surface area contributed by atoms with E-state index >= 15 is 0 Å². The SMILES string of the molecule is Cc1cc(CC(=O)c2cnn(-c3ccc(C(F)(F)F)cn3)c2C)cnc1C1CCN(C(=O)C(C)(C)C)CC1. The zero-order chi connectivity index (χ0) is 27.8. The molecule has 1 aliphatic rings. The average molecular weight is 528 g/mol. The lowest BCUT2D eigenvalue weighted by molar-refractivity contribution is -0.140. The number of carbonyl (C=O) groups excluding carboxylic acids is 2. The van der Waals surface area contributed by atoms with Gasteiger partial charge in [0, 0.05) is 48.9 Å². The number of alkyl halides is 3. The van der Waals surface area contributed by atoms with E-state index in [1.807, 2.05) is 38.7 Å². The smallest absolute Gasteiger partial charge is 0.342 e. The van der Waals surface area contributed by atoms with Crippen molar-refractivity contribution in [1.29, 1.82) is 0 Å². The number of aromatic nitrogens is 4. The van der Waals surface area contributed by atoms with Crippen LogP contribution in [-0.4, -0.2) is 49.4 Å². The van der Waals surface area contributed by atoms with Crippen LogP contribution in [0.2, 0.25) is 0 Å². The van der Waals surface area contributed by atoms with Crippen molar-refractivity contribution in [3.05, 3.63) is 70.4 Å². The third kappa shape index (κ3) is 5.79. The minimum absolute atomic E-state index is 0.125. The van der Waals surface area contributed by atoms with Crippen LogP contribution in [0.1, 0.15) is 78.0 Å². The second-order valence-corrected chi connectivity index (χ2v) is 10.9. The molecule has 202 valence electrons. The molecule has 0 unspecified atom stereocenters. The van der Waals surface area contributed by atoms with Gasteiger partial charge in [0.2, 0.25) is 5.91 Å². The Kier molecular flexibility index (Phi) is 7.45. The second kappa shape index (κ2) is 10.3. The highest BCUT2D eigenvalue weighted by Gasteiger charge is 2.32. The molecule has 0 atom stereocenters. The Morgan fingerprint density at radius 3 is 2.24 bits per heavy atom. The number of ketones is 1. The predicted molar refractivity (Wildman–Crippen MR) is 136 cm³/mol. The van der Waals surface area contributed by atoms with E-state index in [0.717, 1.165) is 41.9 Å². The lowest BCUT2D eigenvalue weighted by Crippen LogP contribution is -2.43. The summed E-state index contributed by atoms with van der Waals surface area (Å²) in [6, 6.07) is 4.14. The van der Waals surface area contributed by atoms with Gasteiger partial charge >= 0.3 is 6.18 Å². The zero-order valence-electron chi connectivity index (χ0n) is 22.3. The Bertz CT molecular complexity index is 1330. The molecule has 1 aliphatic heterocycles. The molecule has 1 amide bonds. The topological polar surface area (TPSA) is 81.0 Å². The first-order valence-corrected chi connectivity index (χ1v) is 12.6. The molecular formula is C28H32F3N5O2. The molecule has 10 heteroatoms. The first-order chi connectivity index (χ1) is 17.8. The van der Waals surface area contributed by atoms with Gasteiger partial charge in [-0.2, -0.15) is 18.3 Å². The highest BCUT2D eigenvalue weighted by atomic mass is 19.4. The highest BCUT2D eigenvalue weighted by Crippen LogP contribution is 2.32. The minimum atomic E-state index is -4.48. The summed E-state index contributed by atoms with van der Waals surface area (Å²) in [5, 5.41) is 4.18. The number of halogens is 3. The van der Waals surface area contributed by atoms with E-state index in [-0.39, 0.29) is 29.8 Å². The summed E-state index contributed by atoms with van der Waals surface area (Å²) in [6.07, 6.45) is 1.24. The van der Waals surface area contributed by atoms with Crippen LogP contribution >= 0.6 is 0 Å². The van der Waals surface area contributed by atoms with E-state index < -0.39 is 17.2 Å². The molecule has 0 saturated carbocycles. The maximum absolute atomic E-state index is 13.1. The first-order valence-electron chi connectivity index (χ1n) is 12.6. The third-order valence-electron chi connectivity index (χ3n) is 6.95. The van der Waals surface area contributed by atoms with Gasteiger partial charge in [-0.3, -0.25) is 14.6 Å². The number of rotatable bonds is 5. The molecule has 0 spiro atoms. The Balaban J connectivity index is 1.42. The van der Waals surface area contributed by atoms with Crippen LogP contribution in [0.3, 0.4) is 0 Å². The van der Waals surface area contributed by atoms with Gasteiger partial charge in [-0.05, 0) is 49.9 Å². The van der Waals surface area contributed by atoms with E-state index in [2.05, 4.69) is 10.1 Å². The number of aryl methyl sites for hydroxylation is 1. The number of Topliss-reactive ketones (excluding diaryl/α,β-unsaturated/α-hetero) is 1. The highest BCUT2D eigenvalue weighted by molar-refractivity contribution is 5.98.